The van der Waals surface area contributed by atoms with E-state index in [0.29, 0.717) is 5.69 Å². The number of carbonyl (C=O) groups is 1. The van der Waals surface area contributed by atoms with Crippen LogP contribution in [0.3, 0.4) is 0 Å². The fourth-order valence-electron chi connectivity index (χ4n) is 3.83. The van der Waals surface area contributed by atoms with E-state index in [9.17, 15) is 4.79 Å². The molecule has 1 saturated heterocycles. The molecular weight excluding hydrogens is 312 g/mol. The van der Waals surface area contributed by atoms with Gasteiger partial charge in [-0.15, -0.1) is 22.7 Å². The molecule has 0 N–H and O–H groups in total. The highest BCUT2D eigenvalue weighted by atomic mass is 32.1. The molecule has 22 heavy (non-hydrogen) atoms. The molecular formula is C17H20N2OS2. The van der Waals surface area contributed by atoms with Crippen LogP contribution in [-0.4, -0.2) is 28.9 Å². The molecule has 0 unspecified atom stereocenters. The van der Waals surface area contributed by atoms with E-state index in [0.717, 1.165) is 34.8 Å². The second-order valence-electron chi connectivity index (χ2n) is 6.36. The van der Waals surface area contributed by atoms with Crippen molar-refractivity contribution in [2.24, 2.45) is 11.8 Å². The molecule has 3 nitrogen and oxygen atoms in total. The number of thiazole rings is 1. The van der Waals surface area contributed by atoms with E-state index in [1.807, 2.05) is 21.7 Å². The van der Waals surface area contributed by atoms with E-state index < -0.39 is 0 Å². The molecule has 2 aromatic rings. The summed E-state index contributed by atoms with van der Waals surface area (Å²) in [6, 6.07) is 4.09. The van der Waals surface area contributed by atoms with Crippen LogP contribution >= 0.6 is 22.7 Å². The van der Waals surface area contributed by atoms with Crippen LogP contribution in [0.25, 0.3) is 9.88 Å². The largest absolute Gasteiger partial charge is 0.337 e. The maximum Gasteiger partial charge on any atom is 0.273 e. The molecule has 3 heterocycles. The number of amides is 1. The average molecular weight is 332 g/mol. The number of hydrogen-bond acceptors (Lipinski definition) is 4. The van der Waals surface area contributed by atoms with E-state index in [-0.39, 0.29) is 5.91 Å². The van der Waals surface area contributed by atoms with Gasteiger partial charge in [-0.1, -0.05) is 25.3 Å². The normalized spacial score (nSPS) is 25.0. The molecule has 0 radical (unpaired) electrons. The van der Waals surface area contributed by atoms with Crippen molar-refractivity contribution in [2.45, 2.75) is 32.1 Å². The summed E-state index contributed by atoms with van der Waals surface area (Å²) >= 11 is 3.25. The Hall–Kier alpha value is -1.20. The van der Waals surface area contributed by atoms with Crippen LogP contribution < -0.4 is 0 Å². The van der Waals surface area contributed by atoms with Gasteiger partial charge in [0.1, 0.15) is 10.7 Å². The van der Waals surface area contributed by atoms with Gasteiger partial charge in [0.2, 0.25) is 0 Å². The summed E-state index contributed by atoms with van der Waals surface area (Å²) in [6.07, 6.45) is 6.56. The molecule has 0 spiro atoms. The van der Waals surface area contributed by atoms with E-state index in [4.69, 9.17) is 0 Å². The lowest BCUT2D eigenvalue weighted by molar-refractivity contribution is 0.0516. The lowest BCUT2D eigenvalue weighted by atomic mass is 9.75. The van der Waals surface area contributed by atoms with Gasteiger partial charge in [-0.05, 0) is 36.1 Å². The highest BCUT2D eigenvalue weighted by Gasteiger charge is 2.33. The van der Waals surface area contributed by atoms with Crippen LogP contribution in [0.1, 0.15) is 42.6 Å². The summed E-state index contributed by atoms with van der Waals surface area (Å²) in [6.45, 7) is 1.85. The van der Waals surface area contributed by atoms with E-state index in [1.54, 1.807) is 22.7 Å². The number of nitrogens with zero attached hydrogens (tertiary/aromatic N) is 2. The molecule has 2 fully saturated rings. The molecule has 2 atom stereocenters. The minimum absolute atomic E-state index is 0.128. The van der Waals surface area contributed by atoms with Crippen molar-refractivity contribution in [3.8, 4) is 9.88 Å². The van der Waals surface area contributed by atoms with E-state index in [1.165, 1.54) is 32.1 Å². The molecule has 1 aliphatic carbocycles. The maximum absolute atomic E-state index is 12.7. The highest BCUT2D eigenvalue weighted by molar-refractivity contribution is 7.20. The Balaban J connectivity index is 1.48. The SMILES string of the molecule is O=C(c1csc(-c2cccs2)n1)N1CC[C@@H]2CCCC[C@H]2C1. The molecule has 1 saturated carbocycles. The van der Waals surface area contributed by atoms with Crippen LogP contribution in [0.4, 0.5) is 0 Å². The number of thiophene rings is 1. The molecule has 0 bridgehead atoms. The van der Waals surface area contributed by atoms with Crippen molar-refractivity contribution in [3.63, 3.8) is 0 Å². The number of piperidine rings is 1. The van der Waals surface area contributed by atoms with E-state index >= 15 is 0 Å². The monoisotopic (exact) mass is 332 g/mol. The van der Waals surface area contributed by atoms with Crippen molar-refractivity contribution in [1.82, 2.24) is 9.88 Å². The first kappa shape index (κ1) is 14.4. The fraction of sp³-hybridized carbons (Fsp3) is 0.529. The van der Waals surface area contributed by atoms with Crippen molar-refractivity contribution >= 4 is 28.6 Å². The Morgan fingerprint density at radius 1 is 1.18 bits per heavy atom. The van der Waals surface area contributed by atoms with Crippen LogP contribution in [0, 0.1) is 11.8 Å². The maximum atomic E-state index is 12.7. The Bertz CT molecular complexity index is 649. The van der Waals surface area contributed by atoms with Crippen molar-refractivity contribution in [2.75, 3.05) is 13.1 Å². The van der Waals surface area contributed by atoms with Gasteiger partial charge in [-0.3, -0.25) is 4.79 Å². The quantitative estimate of drug-likeness (QED) is 0.810. The predicted molar refractivity (Wildman–Crippen MR) is 91.4 cm³/mol. The lowest BCUT2D eigenvalue weighted by Gasteiger charge is -2.41. The van der Waals surface area contributed by atoms with Gasteiger partial charge < -0.3 is 4.90 Å². The fourth-order valence-corrected chi connectivity index (χ4v) is 5.44. The molecule has 5 heteroatoms. The van der Waals surface area contributed by atoms with E-state index in [2.05, 4.69) is 11.1 Å². The molecule has 4 rings (SSSR count). The summed E-state index contributed by atoms with van der Waals surface area (Å²) in [5.74, 6) is 1.71. The third-order valence-corrected chi connectivity index (χ3v) is 6.92. The first-order valence-electron chi connectivity index (χ1n) is 8.10. The van der Waals surface area contributed by atoms with Gasteiger partial charge in [0.25, 0.3) is 5.91 Å². The van der Waals surface area contributed by atoms with Crippen LogP contribution in [0.15, 0.2) is 22.9 Å². The molecule has 2 aromatic heterocycles. The molecule has 0 aromatic carbocycles. The third-order valence-electron chi connectivity index (χ3n) is 5.03. The Morgan fingerprint density at radius 2 is 2.05 bits per heavy atom. The minimum atomic E-state index is 0.128. The second kappa shape index (κ2) is 6.13. The number of carbonyl (C=O) groups excluding carboxylic acids is 1. The summed E-state index contributed by atoms with van der Waals surface area (Å²) in [7, 11) is 0. The summed E-state index contributed by atoms with van der Waals surface area (Å²) in [5.41, 5.74) is 0.627. The zero-order valence-corrected chi connectivity index (χ0v) is 14.2. The minimum Gasteiger partial charge on any atom is -0.337 e. The smallest absolute Gasteiger partial charge is 0.273 e. The van der Waals surface area contributed by atoms with Gasteiger partial charge in [-0.2, -0.15) is 0 Å². The zero-order chi connectivity index (χ0) is 14.9. The number of rotatable bonds is 2. The first-order valence-corrected chi connectivity index (χ1v) is 9.86. The van der Waals surface area contributed by atoms with Gasteiger partial charge in [0.05, 0.1) is 4.88 Å². The number of aromatic nitrogens is 1. The topological polar surface area (TPSA) is 33.2 Å². The summed E-state index contributed by atoms with van der Waals surface area (Å²) in [5, 5.41) is 4.93. The Kier molecular flexibility index (Phi) is 4.01. The standard InChI is InChI=1S/C17H20N2OS2/c20-17(14-11-22-16(18-14)15-6-3-9-21-15)19-8-7-12-4-1-2-5-13(12)10-19/h3,6,9,11-13H,1-2,4-5,7-8,10H2/t12-,13-/m0/s1. The van der Waals surface area contributed by atoms with Gasteiger partial charge in [0, 0.05) is 18.5 Å². The number of fused-ring (bicyclic) bond motifs is 1. The molecule has 116 valence electrons. The first-order chi connectivity index (χ1) is 10.8. The number of likely N-dealkylation sites (tertiary alicyclic amines) is 1. The zero-order valence-electron chi connectivity index (χ0n) is 12.5. The molecule has 1 aliphatic heterocycles. The van der Waals surface area contributed by atoms with Crippen LogP contribution in [-0.2, 0) is 0 Å². The summed E-state index contributed by atoms with van der Waals surface area (Å²) in [4.78, 5) is 20.5. The molecule has 2 aliphatic rings. The van der Waals surface area contributed by atoms with Gasteiger partial charge in [0.15, 0.2) is 0 Å². The van der Waals surface area contributed by atoms with Gasteiger partial charge >= 0.3 is 0 Å². The Labute approximate surface area is 139 Å². The third kappa shape index (κ3) is 2.72. The predicted octanol–water partition coefficient (Wildman–Crippen LogP) is 4.52. The lowest BCUT2D eigenvalue weighted by Crippen LogP contribution is -2.44. The summed E-state index contributed by atoms with van der Waals surface area (Å²) < 4.78 is 0. The number of hydrogen-bond donors (Lipinski definition) is 0. The average Bonchev–Trinajstić information content (AvgIpc) is 3.24. The Morgan fingerprint density at radius 3 is 2.86 bits per heavy atom. The molecule has 1 amide bonds. The van der Waals surface area contributed by atoms with Crippen molar-refractivity contribution < 1.29 is 4.79 Å². The van der Waals surface area contributed by atoms with Crippen LogP contribution in [0.5, 0.6) is 0 Å². The van der Waals surface area contributed by atoms with Crippen molar-refractivity contribution in [1.29, 1.82) is 0 Å². The highest BCUT2D eigenvalue weighted by Crippen LogP contribution is 2.36. The van der Waals surface area contributed by atoms with Crippen molar-refractivity contribution in [3.05, 3.63) is 28.6 Å². The van der Waals surface area contributed by atoms with Crippen LogP contribution in [0.2, 0.25) is 0 Å². The second-order valence-corrected chi connectivity index (χ2v) is 8.17. The van der Waals surface area contributed by atoms with Gasteiger partial charge in [-0.25, -0.2) is 4.98 Å².